The summed E-state index contributed by atoms with van der Waals surface area (Å²) in [6.45, 7) is 16.9. The summed E-state index contributed by atoms with van der Waals surface area (Å²) in [7, 11) is 3.38. The third-order valence-electron chi connectivity index (χ3n) is 14.3. The van der Waals surface area contributed by atoms with E-state index in [4.69, 9.17) is 0 Å². The zero-order chi connectivity index (χ0) is 54.6. The zero-order valence-corrected chi connectivity index (χ0v) is 46.0. The SMILES string of the molecule is CN[C@@H](C)C(=O)N[C@H](C(=O)N1CCC[C@H]1CN(CCc1ccccc1)C(=O)CNC(=O)CCCCC(=O)NCC(=O)N(CCc1ccccc1)C[C@@H]1CCCN1C(=O)[C@@H](NC(=O)[C@H](C)NC)C(C)(C)C)C(C)(C)C. The lowest BCUT2D eigenvalue weighted by Crippen LogP contribution is -2.59. The van der Waals surface area contributed by atoms with Crippen molar-refractivity contribution in [3.63, 3.8) is 0 Å². The molecule has 2 saturated heterocycles. The number of likely N-dealkylation sites (tertiary alicyclic amines) is 2. The van der Waals surface area contributed by atoms with Crippen LogP contribution in [0.1, 0.15) is 118 Å². The van der Waals surface area contributed by atoms with E-state index in [1.54, 1.807) is 47.5 Å². The summed E-state index contributed by atoms with van der Waals surface area (Å²) < 4.78 is 0. The molecule has 0 bridgehead atoms. The first-order chi connectivity index (χ1) is 35.0. The summed E-state index contributed by atoms with van der Waals surface area (Å²) in [6, 6.07) is 16.6. The molecule has 2 aliphatic heterocycles. The minimum absolute atomic E-state index is 0.0959. The molecule has 6 N–H and O–H groups in total. The lowest BCUT2D eigenvalue weighted by molar-refractivity contribution is -0.142. The van der Waals surface area contributed by atoms with Crippen molar-refractivity contribution in [1.29, 1.82) is 0 Å². The highest BCUT2D eigenvalue weighted by Gasteiger charge is 2.42. The van der Waals surface area contributed by atoms with Crippen LogP contribution >= 0.6 is 0 Å². The smallest absolute Gasteiger partial charge is 0.246 e. The van der Waals surface area contributed by atoms with Crippen molar-refractivity contribution >= 4 is 47.3 Å². The van der Waals surface area contributed by atoms with Crippen LogP contribution in [0.25, 0.3) is 0 Å². The van der Waals surface area contributed by atoms with Gasteiger partial charge in [-0.05, 0) is 101 Å². The first-order valence-electron chi connectivity index (χ1n) is 26.8. The maximum Gasteiger partial charge on any atom is 0.246 e. The number of nitrogens with one attached hydrogen (secondary N) is 6. The van der Waals surface area contributed by atoms with Gasteiger partial charge in [-0.15, -0.1) is 0 Å². The van der Waals surface area contributed by atoms with E-state index in [1.807, 2.05) is 102 Å². The summed E-state index contributed by atoms with van der Waals surface area (Å²) >= 11 is 0. The zero-order valence-electron chi connectivity index (χ0n) is 46.0. The molecule has 2 aliphatic rings. The van der Waals surface area contributed by atoms with Crippen molar-refractivity contribution in [2.75, 3.05) is 66.5 Å². The van der Waals surface area contributed by atoms with E-state index in [0.717, 1.165) is 24.0 Å². The molecule has 0 aliphatic carbocycles. The second-order valence-corrected chi connectivity index (χ2v) is 22.2. The summed E-state index contributed by atoms with van der Waals surface area (Å²) in [4.78, 5) is 115. The number of benzene rings is 2. The van der Waals surface area contributed by atoms with Gasteiger partial charge in [-0.1, -0.05) is 102 Å². The molecule has 6 atom stereocenters. The molecule has 18 heteroatoms. The monoisotopic (exact) mass is 1030 g/mol. The van der Waals surface area contributed by atoms with Crippen LogP contribution in [0.2, 0.25) is 0 Å². The van der Waals surface area contributed by atoms with E-state index < -0.39 is 35.0 Å². The molecule has 74 heavy (non-hydrogen) atoms. The molecule has 0 aromatic heterocycles. The van der Waals surface area contributed by atoms with Crippen LogP contribution in [-0.4, -0.2) is 170 Å². The molecule has 2 aromatic carbocycles. The summed E-state index contributed by atoms with van der Waals surface area (Å²) in [6.07, 6.45) is 5.03. The van der Waals surface area contributed by atoms with Crippen LogP contribution in [0.15, 0.2) is 60.7 Å². The number of hydrogen-bond donors (Lipinski definition) is 6. The topological polar surface area (TPSA) is 222 Å². The van der Waals surface area contributed by atoms with Crippen molar-refractivity contribution in [1.82, 2.24) is 51.5 Å². The number of carbonyl (C=O) groups is 8. The molecule has 2 fully saturated rings. The standard InChI is InChI=1S/C56H88N10O8/c1-39(57-9)51(71)61-49(55(3,4)5)53(73)65-31-19-25-43(65)37-63(33-29-41-21-13-11-14-22-41)47(69)35-59-45(67)27-17-18-28-46(68)60-36-48(70)64(34-30-42-23-15-12-16-24-42)38-44-26-20-32-66(44)54(74)50(56(6,7)8)62-52(72)40(2)58-10/h11-16,21-24,39-40,43-44,49-50,57-58H,17-20,25-38H2,1-10H3,(H,59,67)(H,60,68)(H,61,71)(H,62,72)/t39-,40-,43-,44-,49+,50+/m0/s1. The van der Waals surface area contributed by atoms with E-state index in [2.05, 4.69) is 31.9 Å². The Balaban J connectivity index is 1.30. The minimum Gasteiger partial charge on any atom is -0.347 e. The van der Waals surface area contributed by atoms with Crippen LogP contribution < -0.4 is 31.9 Å². The van der Waals surface area contributed by atoms with Crippen molar-refractivity contribution in [3.05, 3.63) is 71.8 Å². The number of carbonyl (C=O) groups excluding carboxylic acids is 8. The quantitative estimate of drug-likeness (QED) is 0.0718. The van der Waals surface area contributed by atoms with Crippen LogP contribution in [0.3, 0.4) is 0 Å². The maximum atomic E-state index is 14.2. The molecule has 0 unspecified atom stereocenters. The van der Waals surface area contributed by atoms with Crippen LogP contribution in [-0.2, 0) is 51.2 Å². The average molecular weight is 1030 g/mol. The van der Waals surface area contributed by atoms with Gasteiger partial charge in [-0.25, -0.2) is 0 Å². The van der Waals surface area contributed by atoms with Crippen LogP contribution in [0.4, 0.5) is 0 Å². The Hall–Kier alpha value is -5.88. The highest BCUT2D eigenvalue weighted by Crippen LogP contribution is 2.28. The van der Waals surface area contributed by atoms with Gasteiger partial charge < -0.3 is 51.5 Å². The van der Waals surface area contributed by atoms with Gasteiger partial charge in [0.2, 0.25) is 47.3 Å². The van der Waals surface area contributed by atoms with Gasteiger partial charge in [0.1, 0.15) is 12.1 Å². The molecule has 0 spiro atoms. The van der Waals surface area contributed by atoms with E-state index in [-0.39, 0.29) is 98.4 Å². The molecule has 8 amide bonds. The van der Waals surface area contributed by atoms with Crippen molar-refractivity contribution < 1.29 is 38.4 Å². The van der Waals surface area contributed by atoms with E-state index in [9.17, 15) is 38.4 Å². The van der Waals surface area contributed by atoms with Gasteiger partial charge in [0.05, 0.1) is 25.2 Å². The molecular weight excluding hydrogens is 941 g/mol. The fraction of sp³-hybridized carbons (Fsp3) is 0.643. The van der Waals surface area contributed by atoms with Gasteiger partial charge in [-0.3, -0.25) is 38.4 Å². The lowest BCUT2D eigenvalue weighted by Gasteiger charge is -2.37. The molecule has 2 aromatic rings. The number of likely N-dealkylation sites (N-methyl/N-ethyl adjacent to an activating group) is 2. The van der Waals surface area contributed by atoms with Gasteiger partial charge in [0.15, 0.2) is 0 Å². The first-order valence-corrected chi connectivity index (χ1v) is 26.8. The van der Waals surface area contributed by atoms with E-state index in [1.165, 1.54) is 0 Å². The molecule has 0 saturated carbocycles. The number of amides is 8. The third kappa shape index (κ3) is 19.1. The predicted octanol–water partition coefficient (Wildman–Crippen LogP) is 3.18. The molecular formula is C56H88N10O8. The summed E-state index contributed by atoms with van der Waals surface area (Å²) in [5, 5.41) is 17.3. The normalized spacial score (nSPS) is 17.4. The molecule has 0 radical (unpaired) electrons. The molecule has 18 nitrogen and oxygen atoms in total. The average Bonchev–Trinajstić information content (AvgIpc) is 4.05. The highest BCUT2D eigenvalue weighted by atomic mass is 16.2. The fourth-order valence-corrected chi connectivity index (χ4v) is 9.34. The Morgan fingerprint density at radius 1 is 0.568 bits per heavy atom. The van der Waals surface area contributed by atoms with Gasteiger partial charge in [0, 0.05) is 64.2 Å². The Kier molecular flexibility index (Phi) is 24.0. The number of unbranched alkanes of at least 4 members (excludes halogenated alkanes) is 1. The number of nitrogens with zero attached hydrogens (tertiary/aromatic N) is 4. The van der Waals surface area contributed by atoms with E-state index >= 15 is 0 Å². The molecule has 2 heterocycles. The summed E-state index contributed by atoms with van der Waals surface area (Å²) in [5.74, 6) is -2.11. The largest absolute Gasteiger partial charge is 0.347 e. The van der Waals surface area contributed by atoms with Crippen molar-refractivity contribution in [2.45, 2.75) is 156 Å². The van der Waals surface area contributed by atoms with Crippen molar-refractivity contribution in [2.24, 2.45) is 10.8 Å². The Labute approximate surface area is 440 Å². The third-order valence-corrected chi connectivity index (χ3v) is 14.3. The Morgan fingerprint density at radius 2 is 0.919 bits per heavy atom. The highest BCUT2D eigenvalue weighted by molar-refractivity contribution is 5.92. The van der Waals surface area contributed by atoms with Crippen LogP contribution in [0.5, 0.6) is 0 Å². The fourth-order valence-electron chi connectivity index (χ4n) is 9.34. The van der Waals surface area contributed by atoms with Crippen LogP contribution in [0, 0.1) is 10.8 Å². The van der Waals surface area contributed by atoms with Gasteiger partial charge in [-0.2, -0.15) is 0 Å². The predicted molar refractivity (Wildman–Crippen MR) is 287 cm³/mol. The lowest BCUT2D eigenvalue weighted by atomic mass is 9.85. The van der Waals surface area contributed by atoms with Gasteiger partial charge in [0.25, 0.3) is 0 Å². The Bertz CT molecular complexity index is 2010. The minimum atomic E-state index is -0.769. The summed E-state index contributed by atoms with van der Waals surface area (Å²) in [5.41, 5.74) is 0.968. The van der Waals surface area contributed by atoms with Gasteiger partial charge >= 0.3 is 0 Å². The first kappa shape index (κ1) is 60.7. The van der Waals surface area contributed by atoms with Crippen molar-refractivity contribution in [3.8, 4) is 0 Å². The maximum absolute atomic E-state index is 14.2. The van der Waals surface area contributed by atoms with E-state index in [0.29, 0.717) is 64.7 Å². The molecule has 410 valence electrons. The number of rotatable bonds is 27. The molecule has 4 rings (SSSR count). The number of hydrogen-bond acceptors (Lipinski definition) is 10. The second kappa shape index (κ2) is 29.3. The second-order valence-electron chi connectivity index (χ2n) is 22.2. The Morgan fingerprint density at radius 3 is 1.24 bits per heavy atom.